The predicted octanol–water partition coefficient (Wildman–Crippen LogP) is 9.31. The number of hydrogen-bond donors (Lipinski definition) is 2. The van der Waals surface area contributed by atoms with Crippen molar-refractivity contribution >= 4 is 23.2 Å². The summed E-state index contributed by atoms with van der Waals surface area (Å²) in [5, 5.41) is 23.9. The number of rotatable bonds is 9. The number of alkyl halides is 2. The van der Waals surface area contributed by atoms with Crippen LogP contribution in [-0.2, 0) is 0 Å². The lowest BCUT2D eigenvalue weighted by atomic mass is 9.70. The molecule has 48 heavy (non-hydrogen) atoms. The second-order valence-electron chi connectivity index (χ2n) is 14.8. The fourth-order valence-corrected chi connectivity index (χ4v) is 10.0. The first-order chi connectivity index (χ1) is 23.1. The molecule has 4 aromatic rings. The van der Waals surface area contributed by atoms with Gasteiger partial charge in [0.25, 0.3) is 0 Å². The minimum absolute atomic E-state index is 0.0481. The van der Waals surface area contributed by atoms with Crippen molar-refractivity contribution in [2.75, 3.05) is 0 Å². The van der Waals surface area contributed by atoms with Crippen LogP contribution in [-0.4, -0.2) is 52.9 Å². The molecule has 2 aromatic carbocycles. The Hall–Kier alpha value is -2.78. The Balaban J connectivity index is 0.830. The Kier molecular flexibility index (Phi) is 8.46. The number of aliphatic hydroxyl groups excluding tert-OH is 2. The maximum Gasteiger partial charge on any atom is 0.111 e. The molecule has 4 atom stereocenters. The van der Waals surface area contributed by atoms with Crippen LogP contribution in [0.2, 0.25) is 10.0 Å². The first-order valence-electron chi connectivity index (χ1n) is 17.5. The molecule has 2 fully saturated rings. The Morgan fingerprint density at radius 1 is 0.688 bits per heavy atom. The van der Waals surface area contributed by atoms with Crippen molar-refractivity contribution in [3.05, 3.63) is 82.6 Å². The zero-order valence-corrected chi connectivity index (χ0v) is 28.4. The van der Waals surface area contributed by atoms with Crippen LogP contribution < -0.4 is 0 Å². The van der Waals surface area contributed by atoms with Gasteiger partial charge in [0.05, 0.1) is 60.7 Å². The van der Waals surface area contributed by atoms with E-state index in [9.17, 15) is 10.2 Å². The van der Waals surface area contributed by atoms with Crippen LogP contribution in [0.15, 0.2) is 61.4 Å². The van der Waals surface area contributed by atoms with Crippen molar-refractivity contribution in [2.24, 2.45) is 11.8 Å². The lowest BCUT2D eigenvalue weighted by Crippen LogP contribution is -2.44. The molecule has 4 unspecified atom stereocenters. The minimum Gasteiger partial charge on any atom is -0.390 e. The van der Waals surface area contributed by atoms with Crippen molar-refractivity contribution in [2.45, 2.75) is 113 Å². The molecule has 2 saturated carbocycles. The van der Waals surface area contributed by atoms with E-state index in [1.165, 1.54) is 0 Å². The van der Waals surface area contributed by atoms with Crippen molar-refractivity contribution in [3.8, 4) is 22.5 Å². The number of aromatic nitrogens is 4. The van der Waals surface area contributed by atoms with Crippen LogP contribution in [0.1, 0.15) is 100 Å². The molecule has 2 aliphatic heterocycles. The van der Waals surface area contributed by atoms with Crippen molar-refractivity contribution < 1.29 is 19.0 Å². The number of aliphatic hydroxyl groups is 2. The summed E-state index contributed by atoms with van der Waals surface area (Å²) in [5.41, 5.74) is 3.56. The van der Waals surface area contributed by atoms with Gasteiger partial charge in [-0.05, 0) is 101 Å². The molecule has 0 spiro atoms. The third-order valence-electron chi connectivity index (χ3n) is 12.2. The number of hydrogen-bond acceptors (Lipinski definition) is 4. The number of nitrogens with zero attached hydrogens (tertiary/aromatic N) is 4. The standard InChI is InChI=1S/C38H42Cl2F2N4O2/c39-27-5-1-3-25-31-19-43-21-45(31)29(33(25)27)11-17-37(41)13-7-23(8-14-37)35(47)36(48)24-9-15-38(42,16-10-24)18-12-30-34-26(4-2-6-28(34)40)32-20-44-22-46(30)32/h1-6,19-24,29-30,35-36,47-48H,7-18H2. The molecule has 2 aliphatic carbocycles. The number of fused-ring (bicyclic) bond motifs is 6. The molecule has 0 saturated heterocycles. The number of halogens is 4. The third kappa shape index (κ3) is 5.61. The van der Waals surface area contributed by atoms with Crippen LogP contribution in [0, 0.1) is 11.8 Å². The summed E-state index contributed by atoms with van der Waals surface area (Å²) in [4.78, 5) is 8.63. The molecule has 8 rings (SSSR count). The van der Waals surface area contributed by atoms with E-state index in [-0.39, 0.29) is 23.9 Å². The Bertz CT molecular complexity index is 1660. The monoisotopic (exact) mass is 694 g/mol. The van der Waals surface area contributed by atoms with Gasteiger partial charge < -0.3 is 19.3 Å². The van der Waals surface area contributed by atoms with Gasteiger partial charge in [-0.15, -0.1) is 0 Å². The summed E-state index contributed by atoms with van der Waals surface area (Å²) in [6.07, 6.45) is 10.9. The summed E-state index contributed by atoms with van der Waals surface area (Å²) in [5.74, 6) is -0.334. The SMILES string of the molecule is OC(C1CCC(F)(CCC2c3c(Cl)cccc3-c3cncn32)CC1)C(O)C1CCC(F)(CCC2c3c(Cl)cccc3-c3cncn32)CC1. The van der Waals surface area contributed by atoms with Crippen molar-refractivity contribution in [1.82, 2.24) is 19.1 Å². The Morgan fingerprint density at radius 3 is 1.48 bits per heavy atom. The van der Waals surface area contributed by atoms with E-state index in [0.29, 0.717) is 87.1 Å². The van der Waals surface area contributed by atoms with Crippen molar-refractivity contribution in [3.63, 3.8) is 0 Å². The second-order valence-corrected chi connectivity index (χ2v) is 15.7. The molecule has 10 heteroatoms. The minimum atomic E-state index is -1.33. The van der Waals surface area contributed by atoms with Crippen LogP contribution in [0.5, 0.6) is 0 Å². The van der Waals surface area contributed by atoms with Crippen LogP contribution >= 0.6 is 23.2 Å². The molecule has 0 bridgehead atoms. The van der Waals surface area contributed by atoms with Gasteiger partial charge in [-0.2, -0.15) is 0 Å². The van der Waals surface area contributed by atoms with E-state index >= 15 is 8.78 Å². The van der Waals surface area contributed by atoms with Gasteiger partial charge >= 0.3 is 0 Å². The molecule has 2 N–H and O–H groups in total. The highest BCUT2D eigenvalue weighted by Gasteiger charge is 2.44. The third-order valence-corrected chi connectivity index (χ3v) is 12.9. The van der Waals surface area contributed by atoms with E-state index in [0.717, 1.165) is 33.6 Å². The lowest BCUT2D eigenvalue weighted by Gasteiger charge is -2.41. The largest absolute Gasteiger partial charge is 0.390 e. The quantitative estimate of drug-likeness (QED) is 0.183. The van der Waals surface area contributed by atoms with E-state index < -0.39 is 23.5 Å². The van der Waals surface area contributed by atoms with E-state index in [2.05, 4.69) is 19.1 Å². The van der Waals surface area contributed by atoms with E-state index in [1.807, 2.05) is 48.8 Å². The zero-order chi connectivity index (χ0) is 33.2. The summed E-state index contributed by atoms with van der Waals surface area (Å²) >= 11 is 13.2. The number of imidazole rings is 2. The summed E-state index contributed by atoms with van der Waals surface area (Å²) in [6.45, 7) is 0. The molecule has 254 valence electrons. The molecule has 4 heterocycles. The average Bonchev–Trinajstić information content (AvgIpc) is 3.86. The van der Waals surface area contributed by atoms with Crippen LogP contribution in [0.4, 0.5) is 8.78 Å². The summed E-state index contributed by atoms with van der Waals surface area (Å²) in [6, 6.07) is 11.6. The fourth-order valence-electron chi connectivity index (χ4n) is 9.41. The maximum atomic E-state index is 16.2. The highest BCUT2D eigenvalue weighted by molar-refractivity contribution is 6.32. The Morgan fingerprint density at radius 2 is 1.08 bits per heavy atom. The highest BCUT2D eigenvalue weighted by Crippen LogP contribution is 2.50. The van der Waals surface area contributed by atoms with Gasteiger partial charge in [0.15, 0.2) is 0 Å². The topological polar surface area (TPSA) is 76.1 Å². The molecular weight excluding hydrogens is 653 g/mol. The van der Waals surface area contributed by atoms with Crippen LogP contribution in [0.25, 0.3) is 22.5 Å². The normalized spacial score (nSPS) is 30.4. The van der Waals surface area contributed by atoms with E-state index in [4.69, 9.17) is 23.2 Å². The molecule has 2 aromatic heterocycles. The molecular formula is C38H42Cl2F2N4O2. The van der Waals surface area contributed by atoms with Gasteiger partial charge in [0.2, 0.25) is 0 Å². The predicted molar refractivity (Wildman–Crippen MR) is 184 cm³/mol. The first kappa shape index (κ1) is 32.4. The Labute approximate surface area is 290 Å². The zero-order valence-electron chi connectivity index (χ0n) is 26.9. The molecule has 0 amide bonds. The fraction of sp³-hybridized carbons (Fsp3) is 0.526. The van der Waals surface area contributed by atoms with Crippen molar-refractivity contribution in [1.29, 1.82) is 0 Å². The van der Waals surface area contributed by atoms with Gasteiger partial charge in [-0.3, -0.25) is 0 Å². The van der Waals surface area contributed by atoms with E-state index in [1.54, 1.807) is 12.7 Å². The lowest BCUT2D eigenvalue weighted by molar-refractivity contribution is -0.0833. The number of benzene rings is 2. The van der Waals surface area contributed by atoms with Crippen LogP contribution in [0.3, 0.4) is 0 Å². The molecule has 6 nitrogen and oxygen atoms in total. The smallest absolute Gasteiger partial charge is 0.111 e. The molecule has 0 radical (unpaired) electrons. The second kappa shape index (κ2) is 12.5. The average molecular weight is 696 g/mol. The highest BCUT2D eigenvalue weighted by atomic mass is 35.5. The van der Waals surface area contributed by atoms with Gasteiger partial charge in [0, 0.05) is 32.3 Å². The maximum absolute atomic E-state index is 16.2. The van der Waals surface area contributed by atoms with Gasteiger partial charge in [0.1, 0.15) is 11.3 Å². The van der Waals surface area contributed by atoms with Gasteiger partial charge in [-0.25, -0.2) is 18.7 Å². The van der Waals surface area contributed by atoms with Gasteiger partial charge in [-0.1, -0.05) is 47.5 Å². The summed E-state index contributed by atoms with van der Waals surface area (Å²) < 4.78 is 36.6. The summed E-state index contributed by atoms with van der Waals surface area (Å²) in [7, 11) is 0. The molecule has 4 aliphatic rings. The first-order valence-corrected chi connectivity index (χ1v) is 18.3.